The fourth-order valence-corrected chi connectivity index (χ4v) is 7.22. The van der Waals surface area contributed by atoms with Crippen molar-refractivity contribution in [3.63, 3.8) is 0 Å². The molecule has 1 saturated heterocycles. The Hall–Kier alpha value is -3.47. The van der Waals surface area contributed by atoms with Crippen LogP contribution in [0.3, 0.4) is 0 Å². The number of carbonyl (C=O) groups excluding carboxylic acids is 1. The minimum Gasteiger partial charge on any atom is -0.355 e. The van der Waals surface area contributed by atoms with Crippen molar-refractivity contribution in [1.29, 1.82) is 5.41 Å². The van der Waals surface area contributed by atoms with Crippen LogP contribution in [0.2, 0.25) is 0 Å². The summed E-state index contributed by atoms with van der Waals surface area (Å²) < 4.78 is 42.0. The largest absolute Gasteiger partial charge is 0.355 e. The monoisotopic (exact) mass is 536 g/mol. The van der Waals surface area contributed by atoms with E-state index in [-0.39, 0.29) is 36.0 Å². The molecule has 37 heavy (non-hydrogen) atoms. The van der Waals surface area contributed by atoms with Gasteiger partial charge in [0, 0.05) is 42.3 Å². The van der Waals surface area contributed by atoms with Gasteiger partial charge in [0.05, 0.1) is 10.3 Å². The van der Waals surface area contributed by atoms with Crippen LogP contribution in [-0.2, 0) is 10.0 Å². The van der Waals surface area contributed by atoms with Crippen LogP contribution >= 0.6 is 11.3 Å². The predicted molar refractivity (Wildman–Crippen MR) is 142 cm³/mol. The molecule has 3 aromatic rings. The summed E-state index contributed by atoms with van der Waals surface area (Å²) in [6.07, 6.45) is 5.07. The number of rotatable bonds is 7. The molecule has 0 amide bonds. The zero-order chi connectivity index (χ0) is 26.2. The van der Waals surface area contributed by atoms with Gasteiger partial charge in [0.2, 0.25) is 15.8 Å². The van der Waals surface area contributed by atoms with E-state index in [1.54, 1.807) is 41.9 Å². The number of nitrogens with zero attached hydrogens (tertiary/aromatic N) is 2. The minimum atomic E-state index is -3.85. The lowest BCUT2D eigenvalue weighted by molar-refractivity contribution is 0.0775. The molecule has 2 aliphatic rings. The third kappa shape index (κ3) is 4.68. The molecule has 1 unspecified atom stereocenters. The third-order valence-electron chi connectivity index (χ3n) is 6.83. The third-order valence-corrected chi connectivity index (χ3v) is 9.45. The van der Waals surface area contributed by atoms with Crippen LogP contribution in [-0.4, -0.2) is 42.8 Å². The van der Waals surface area contributed by atoms with Crippen molar-refractivity contribution in [1.82, 2.24) is 9.29 Å². The van der Waals surface area contributed by atoms with Crippen molar-refractivity contribution in [3.8, 4) is 0 Å². The van der Waals surface area contributed by atoms with Crippen LogP contribution in [0.1, 0.15) is 28.2 Å². The van der Waals surface area contributed by atoms with Gasteiger partial charge in [0.15, 0.2) is 5.01 Å². The Morgan fingerprint density at radius 1 is 1.24 bits per heavy atom. The van der Waals surface area contributed by atoms with Gasteiger partial charge in [-0.25, -0.2) is 17.8 Å². The Kier molecular flexibility index (Phi) is 6.65. The number of carbonyl (C=O) groups is 1. The van der Waals surface area contributed by atoms with Gasteiger partial charge in [-0.05, 0) is 73.4 Å². The highest BCUT2D eigenvalue weighted by Gasteiger charge is 2.51. The van der Waals surface area contributed by atoms with Crippen LogP contribution in [0.5, 0.6) is 0 Å². The van der Waals surface area contributed by atoms with E-state index in [4.69, 9.17) is 5.41 Å². The number of anilines is 1. The molecule has 0 saturated carbocycles. The van der Waals surface area contributed by atoms with E-state index in [0.717, 1.165) is 11.1 Å². The lowest BCUT2D eigenvalue weighted by Crippen LogP contribution is -2.52. The Morgan fingerprint density at radius 2 is 2.03 bits per heavy atom. The number of ketones is 1. The Labute approximate surface area is 218 Å². The predicted octanol–water partition coefficient (Wildman–Crippen LogP) is 5.20. The zero-order valence-electron chi connectivity index (χ0n) is 20.1. The SMILES string of the molecule is Cc1cccc(S(=O)(=O)N2CCC3=CC(Nc4ccc(F)cc4)=C(C=N)CC3(C(=O)c3nccs3)C2)c1. The number of thiazole rings is 1. The number of hydrogen-bond donors (Lipinski definition) is 2. The topological polar surface area (TPSA) is 103 Å². The first-order valence-corrected chi connectivity index (χ1v) is 14.0. The molecule has 1 aliphatic carbocycles. The molecule has 0 bridgehead atoms. The molecule has 1 aromatic heterocycles. The highest BCUT2D eigenvalue weighted by Crippen LogP contribution is 2.48. The number of nitrogens with one attached hydrogen (secondary N) is 2. The van der Waals surface area contributed by atoms with Crippen LogP contribution in [0.15, 0.2) is 87.9 Å². The van der Waals surface area contributed by atoms with Crippen LogP contribution < -0.4 is 5.32 Å². The summed E-state index contributed by atoms with van der Waals surface area (Å²) in [4.78, 5) is 18.4. The van der Waals surface area contributed by atoms with Crippen molar-refractivity contribution < 1.29 is 17.6 Å². The van der Waals surface area contributed by atoms with E-state index in [2.05, 4.69) is 10.3 Å². The summed E-state index contributed by atoms with van der Waals surface area (Å²) in [5, 5.41) is 13.4. The molecule has 1 fully saturated rings. The minimum absolute atomic E-state index is 0.0469. The fourth-order valence-electron chi connectivity index (χ4n) is 4.94. The molecule has 7 nitrogen and oxygen atoms in total. The van der Waals surface area contributed by atoms with Gasteiger partial charge in [-0.15, -0.1) is 11.3 Å². The van der Waals surface area contributed by atoms with E-state index < -0.39 is 15.4 Å². The lowest BCUT2D eigenvalue weighted by atomic mass is 9.66. The number of halogens is 1. The quantitative estimate of drug-likeness (QED) is 0.319. The average molecular weight is 537 g/mol. The van der Waals surface area contributed by atoms with E-state index in [9.17, 15) is 17.6 Å². The molecule has 0 spiro atoms. The van der Waals surface area contributed by atoms with Gasteiger partial charge in [-0.3, -0.25) is 4.79 Å². The molecule has 190 valence electrons. The van der Waals surface area contributed by atoms with Gasteiger partial charge in [0.1, 0.15) is 5.82 Å². The van der Waals surface area contributed by atoms with Crippen LogP contribution in [0, 0.1) is 23.6 Å². The number of fused-ring (bicyclic) bond motifs is 1. The van der Waals surface area contributed by atoms with Gasteiger partial charge < -0.3 is 10.7 Å². The number of allylic oxidation sites excluding steroid dienone is 2. The van der Waals surface area contributed by atoms with Crippen molar-refractivity contribution in [2.75, 3.05) is 18.4 Å². The maximum atomic E-state index is 14.0. The summed E-state index contributed by atoms with van der Waals surface area (Å²) in [6, 6.07) is 12.6. The Morgan fingerprint density at radius 3 is 2.70 bits per heavy atom. The highest BCUT2D eigenvalue weighted by molar-refractivity contribution is 7.89. The normalized spacial score (nSPS) is 20.2. The molecule has 1 aliphatic heterocycles. The van der Waals surface area contributed by atoms with Crippen molar-refractivity contribution in [2.45, 2.75) is 24.7 Å². The van der Waals surface area contributed by atoms with Crippen molar-refractivity contribution in [2.24, 2.45) is 5.41 Å². The highest BCUT2D eigenvalue weighted by atomic mass is 32.2. The second kappa shape index (κ2) is 9.77. The second-order valence-electron chi connectivity index (χ2n) is 9.22. The number of Topliss-reactive ketones (excluding diaryl/α,β-unsaturated/α-hetero) is 1. The molecule has 5 rings (SSSR count). The first-order valence-electron chi connectivity index (χ1n) is 11.7. The standard InChI is InChI=1S/C27H25FN4O3S2/c1-18-3-2-4-23(13-18)37(34,35)32-11-9-20-14-24(31-22-7-5-21(28)6-8-22)19(16-29)15-27(20,17-32)25(33)26-30-10-12-36-26/h2-8,10,12-14,16,29,31H,9,11,15,17H2,1H3. The summed E-state index contributed by atoms with van der Waals surface area (Å²) in [5.74, 6) is -0.609. The summed E-state index contributed by atoms with van der Waals surface area (Å²) in [6.45, 7) is 2.01. The van der Waals surface area contributed by atoms with E-state index in [0.29, 0.717) is 28.4 Å². The molecule has 2 N–H and O–H groups in total. The summed E-state index contributed by atoms with van der Waals surface area (Å²) >= 11 is 1.22. The average Bonchev–Trinajstić information content (AvgIpc) is 3.44. The van der Waals surface area contributed by atoms with E-state index >= 15 is 0 Å². The lowest BCUT2D eigenvalue weighted by Gasteiger charge is -2.45. The Balaban J connectivity index is 1.56. The molecular formula is C27H25FN4O3S2. The van der Waals surface area contributed by atoms with Crippen LogP contribution in [0.25, 0.3) is 0 Å². The second-order valence-corrected chi connectivity index (χ2v) is 12.0. The van der Waals surface area contributed by atoms with Crippen molar-refractivity contribution >= 4 is 39.0 Å². The molecule has 0 radical (unpaired) electrons. The van der Waals surface area contributed by atoms with Gasteiger partial charge in [-0.2, -0.15) is 4.31 Å². The van der Waals surface area contributed by atoms with E-state index in [1.807, 2.05) is 19.1 Å². The fraction of sp³-hybridized carbons (Fsp3) is 0.222. The number of hydrogen-bond acceptors (Lipinski definition) is 7. The summed E-state index contributed by atoms with van der Waals surface area (Å²) in [7, 11) is -3.85. The molecular weight excluding hydrogens is 511 g/mol. The number of piperidine rings is 1. The van der Waals surface area contributed by atoms with Gasteiger partial charge >= 0.3 is 0 Å². The smallest absolute Gasteiger partial charge is 0.243 e. The first kappa shape index (κ1) is 25.2. The summed E-state index contributed by atoms with van der Waals surface area (Å²) in [5.41, 5.74) is 2.26. The first-order chi connectivity index (χ1) is 17.7. The number of sulfonamides is 1. The zero-order valence-corrected chi connectivity index (χ0v) is 21.7. The number of aryl methyl sites for hydroxylation is 1. The molecule has 1 atom stereocenters. The molecule has 2 heterocycles. The van der Waals surface area contributed by atoms with E-state index in [1.165, 1.54) is 34.0 Å². The van der Waals surface area contributed by atoms with Gasteiger partial charge in [0.25, 0.3) is 0 Å². The maximum absolute atomic E-state index is 14.0. The van der Waals surface area contributed by atoms with Gasteiger partial charge in [-0.1, -0.05) is 17.7 Å². The number of aromatic nitrogens is 1. The van der Waals surface area contributed by atoms with Crippen molar-refractivity contribution in [3.05, 3.63) is 99.4 Å². The van der Waals surface area contributed by atoms with Crippen LogP contribution in [0.4, 0.5) is 10.1 Å². The number of benzene rings is 2. The molecule has 2 aromatic carbocycles. The molecule has 10 heteroatoms. The maximum Gasteiger partial charge on any atom is 0.243 e. The Bertz CT molecular complexity index is 1530.